The second-order valence-electron chi connectivity index (χ2n) is 7.31. The molecule has 1 aromatic heterocycles. The van der Waals surface area contributed by atoms with Gasteiger partial charge in [0.25, 0.3) is 5.91 Å². The third kappa shape index (κ3) is 4.33. The van der Waals surface area contributed by atoms with Gasteiger partial charge in [0.2, 0.25) is 5.89 Å². The Morgan fingerprint density at radius 3 is 2.90 bits per heavy atom. The molecule has 1 saturated heterocycles. The molecule has 1 atom stereocenters. The van der Waals surface area contributed by atoms with Gasteiger partial charge in [-0.05, 0) is 61.7 Å². The molecule has 1 amide bonds. The molecular weight excluding hydrogens is 380 g/mol. The van der Waals surface area contributed by atoms with Crippen LogP contribution in [-0.4, -0.2) is 34.1 Å². The van der Waals surface area contributed by atoms with Gasteiger partial charge >= 0.3 is 0 Å². The summed E-state index contributed by atoms with van der Waals surface area (Å²) in [5, 5.41) is 13.0. The SMILES string of the molecule is Cc1cccc(OCCc2noc(C3CCCN3C(=O)c3ccc(C#N)cc3)n2)c1. The number of amides is 1. The largest absolute Gasteiger partial charge is 0.493 e. The summed E-state index contributed by atoms with van der Waals surface area (Å²) in [6.07, 6.45) is 2.18. The van der Waals surface area contributed by atoms with Gasteiger partial charge in [-0.2, -0.15) is 10.2 Å². The molecule has 2 heterocycles. The first-order valence-corrected chi connectivity index (χ1v) is 9.97. The first kappa shape index (κ1) is 19.6. The van der Waals surface area contributed by atoms with Crippen molar-refractivity contribution >= 4 is 5.91 Å². The van der Waals surface area contributed by atoms with Crippen molar-refractivity contribution in [3.05, 3.63) is 76.9 Å². The maximum Gasteiger partial charge on any atom is 0.254 e. The normalized spacial score (nSPS) is 15.7. The van der Waals surface area contributed by atoms with Crippen LogP contribution in [0.2, 0.25) is 0 Å². The number of aryl methyl sites for hydroxylation is 1. The fourth-order valence-corrected chi connectivity index (χ4v) is 3.59. The van der Waals surface area contributed by atoms with E-state index in [9.17, 15) is 4.79 Å². The van der Waals surface area contributed by atoms with Crippen LogP contribution in [0.3, 0.4) is 0 Å². The molecule has 1 fully saturated rings. The van der Waals surface area contributed by atoms with Crippen molar-refractivity contribution in [2.45, 2.75) is 32.2 Å². The minimum absolute atomic E-state index is 0.0930. The zero-order valence-corrected chi connectivity index (χ0v) is 16.7. The maximum absolute atomic E-state index is 12.9. The van der Waals surface area contributed by atoms with Crippen molar-refractivity contribution in [1.82, 2.24) is 15.0 Å². The third-order valence-corrected chi connectivity index (χ3v) is 5.13. The Morgan fingerprint density at radius 1 is 1.30 bits per heavy atom. The minimum Gasteiger partial charge on any atom is -0.493 e. The molecule has 1 unspecified atom stereocenters. The van der Waals surface area contributed by atoms with Crippen LogP contribution in [-0.2, 0) is 6.42 Å². The topological polar surface area (TPSA) is 92.3 Å². The lowest BCUT2D eigenvalue weighted by Gasteiger charge is -2.21. The molecule has 7 nitrogen and oxygen atoms in total. The predicted molar refractivity (Wildman–Crippen MR) is 109 cm³/mol. The average molecular weight is 402 g/mol. The Hall–Kier alpha value is -3.66. The molecule has 0 N–H and O–H groups in total. The van der Waals surface area contributed by atoms with Crippen LogP contribution in [0.25, 0.3) is 0 Å². The number of benzene rings is 2. The predicted octanol–water partition coefficient (Wildman–Crippen LogP) is 3.85. The molecule has 4 rings (SSSR count). The van der Waals surface area contributed by atoms with Crippen molar-refractivity contribution in [2.24, 2.45) is 0 Å². The van der Waals surface area contributed by atoms with Crippen LogP contribution < -0.4 is 4.74 Å². The van der Waals surface area contributed by atoms with Gasteiger partial charge < -0.3 is 14.2 Å². The molecule has 0 aliphatic carbocycles. The van der Waals surface area contributed by atoms with Crippen LogP contribution in [0.1, 0.15) is 52.1 Å². The van der Waals surface area contributed by atoms with Crippen LogP contribution >= 0.6 is 0 Å². The molecule has 0 bridgehead atoms. The lowest BCUT2D eigenvalue weighted by atomic mass is 10.1. The van der Waals surface area contributed by atoms with E-state index in [0.29, 0.717) is 42.4 Å². The van der Waals surface area contributed by atoms with E-state index >= 15 is 0 Å². The van der Waals surface area contributed by atoms with E-state index in [-0.39, 0.29) is 11.9 Å². The molecule has 1 aliphatic heterocycles. The van der Waals surface area contributed by atoms with Crippen molar-refractivity contribution in [3.63, 3.8) is 0 Å². The summed E-state index contributed by atoms with van der Waals surface area (Å²) in [5.41, 5.74) is 2.22. The van der Waals surface area contributed by atoms with Gasteiger partial charge in [0, 0.05) is 18.5 Å². The molecule has 1 aliphatic rings. The zero-order valence-electron chi connectivity index (χ0n) is 16.7. The number of carbonyl (C=O) groups excluding carboxylic acids is 1. The van der Waals surface area contributed by atoms with E-state index in [2.05, 4.69) is 16.2 Å². The van der Waals surface area contributed by atoms with Gasteiger partial charge in [0.15, 0.2) is 5.82 Å². The van der Waals surface area contributed by atoms with E-state index in [1.807, 2.05) is 31.2 Å². The first-order chi connectivity index (χ1) is 14.6. The van der Waals surface area contributed by atoms with E-state index in [0.717, 1.165) is 24.2 Å². The number of hydrogen-bond acceptors (Lipinski definition) is 6. The molecule has 3 aromatic rings. The highest BCUT2D eigenvalue weighted by molar-refractivity contribution is 5.94. The summed E-state index contributed by atoms with van der Waals surface area (Å²) in [6, 6.07) is 16.4. The molecule has 152 valence electrons. The molecule has 30 heavy (non-hydrogen) atoms. The number of carbonyl (C=O) groups is 1. The summed E-state index contributed by atoms with van der Waals surface area (Å²) in [4.78, 5) is 19.2. The Bertz CT molecular complexity index is 1070. The number of nitrogens with zero attached hydrogens (tertiary/aromatic N) is 4. The van der Waals surface area contributed by atoms with Crippen LogP contribution in [0.4, 0.5) is 0 Å². The van der Waals surface area contributed by atoms with Crippen molar-refractivity contribution in [1.29, 1.82) is 5.26 Å². The van der Waals surface area contributed by atoms with Crippen LogP contribution in [0.15, 0.2) is 53.1 Å². The van der Waals surface area contributed by atoms with Gasteiger partial charge in [-0.25, -0.2) is 0 Å². The minimum atomic E-state index is -0.230. The summed E-state index contributed by atoms with van der Waals surface area (Å²) < 4.78 is 11.2. The number of nitriles is 1. The second kappa shape index (κ2) is 8.78. The molecule has 0 saturated carbocycles. The van der Waals surface area contributed by atoms with Gasteiger partial charge in [0.1, 0.15) is 11.8 Å². The Morgan fingerprint density at radius 2 is 2.13 bits per heavy atom. The lowest BCUT2D eigenvalue weighted by molar-refractivity contribution is 0.0710. The summed E-state index contributed by atoms with van der Waals surface area (Å²) in [6.45, 7) is 3.10. The number of hydrogen-bond donors (Lipinski definition) is 0. The molecule has 2 aromatic carbocycles. The van der Waals surface area contributed by atoms with Gasteiger partial charge in [-0.15, -0.1) is 0 Å². The van der Waals surface area contributed by atoms with Gasteiger partial charge in [0.05, 0.1) is 18.2 Å². The Kier molecular flexibility index (Phi) is 5.75. The second-order valence-corrected chi connectivity index (χ2v) is 7.31. The number of aromatic nitrogens is 2. The van der Waals surface area contributed by atoms with Crippen LogP contribution in [0, 0.1) is 18.3 Å². The molecular formula is C23H22N4O3. The van der Waals surface area contributed by atoms with E-state index in [1.165, 1.54) is 0 Å². The molecule has 7 heteroatoms. The van der Waals surface area contributed by atoms with Crippen molar-refractivity contribution in [2.75, 3.05) is 13.2 Å². The van der Waals surface area contributed by atoms with Crippen molar-refractivity contribution < 1.29 is 14.1 Å². The lowest BCUT2D eigenvalue weighted by Crippen LogP contribution is -2.30. The Labute approximate surface area is 174 Å². The molecule has 0 spiro atoms. The highest BCUT2D eigenvalue weighted by Crippen LogP contribution is 2.32. The highest BCUT2D eigenvalue weighted by Gasteiger charge is 2.34. The fourth-order valence-electron chi connectivity index (χ4n) is 3.59. The standard InChI is InChI=1S/C23H22N4O3/c1-16-4-2-5-19(14-16)29-13-11-21-25-22(30-26-21)20-6-3-12-27(20)23(28)18-9-7-17(15-24)8-10-18/h2,4-5,7-10,14,20H,3,6,11-13H2,1H3. The monoisotopic (exact) mass is 402 g/mol. The summed E-state index contributed by atoms with van der Waals surface area (Å²) in [7, 11) is 0. The van der Waals surface area contributed by atoms with E-state index in [1.54, 1.807) is 29.2 Å². The third-order valence-electron chi connectivity index (χ3n) is 5.13. The van der Waals surface area contributed by atoms with Crippen molar-refractivity contribution in [3.8, 4) is 11.8 Å². The molecule has 0 radical (unpaired) electrons. The first-order valence-electron chi connectivity index (χ1n) is 9.97. The number of ether oxygens (including phenoxy) is 1. The zero-order chi connectivity index (χ0) is 20.9. The Balaban J connectivity index is 1.39. The maximum atomic E-state index is 12.9. The quantitative estimate of drug-likeness (QED) is 0.622. The summed E-state index contributed by atoms with van der Waals surface area (Å²) in [5.74, 6) is 1.74. The average Bonchev–Trinajstić information content (AvgIpc) is 3.43. The summed E-state index contributed by atoms with van der Waals surface area (Å²) >= 11 is 0. The fraction of sp³-hybridized carbons (Fsp3) is 0.304. The van der Waals surface area contributed by atoms with E-state index in [4.69, 9.17) is 14.5 Å². The van der Waals surface area contributed by atoms with E-state index < -0.39 is 0 Å². The number of likely N-dealkylation sites (tertiary alicyclic amines) is 1. The number of rotatable bonds is 6. The smallest absolute Gasteiger partial charge is 0.254 e. The van der Waals surface area contributed by atoms with Gasteiger partial charge in [-0.3, -0.25) is 4.79 Å². The highest BCUT2D eigenvalue weighted by atomic mass is 16.5. The van der Waals surface area contributed by atoms with Crippen LogP contribution in [0.5, 0.6) is 5.75 Å². The van der Waals surface area contributed by atoms with Gasteiger partial charge in [-0.1, -0.05) is 17.3 Å².